The Morgan fingerprint density at radius 1 is 1.11 bits per heavy atom. The summed E-state index contributed by atoms with van der Waals surface area (Å²) >= 11 is 0. The highest BCUT2D eigenvalue weighted by atomic mass is 16.5. The van der Waals surface area contributed by atoms with Gasteiger partial charge in [-0.25, -0.2) is 0 Å². The van der Waals surface area contributed by atoms with Gasteiger partial charge in [0.25, 0.3) is 5.91 Å². The molecule has 1 aliphatic carbocycles. The van der Waals surface area contributed by atoms with Crippen molar-refractivity contribution in [3.8, 4) is 17.0 Å². The number of amides is 2. The first-order valence-electron chi connectivity index (χ1n) is 13.0. The molecule has 0 bridgehead atoms. The van der Waals surface area contributed by atoms with E-state index in [4.69, 9.17) is 14.6 Å². The number of rotatable bonds is 11. The fourth-order valence-corrected chi connectivity index (χ4v) is 4.88. The van der Waals surface area contributed by atoms with E-state index in [0.29, 0.717) is 38.4 Å². The highest BCUT2D eigenvalue weighted by Gasteiger charge is 2.38. The Bertz CT molecular complexity index is 982. The van der Waals surface area contributed by atoms with E-state index < -0.39 is 6.04 Å². The lowest BCUT2D eigenvalue weighted by Crippen LogP contribution is -2.57. The third-order valence-corrected chi connectivity index (χ3v) is 6.90. The molecule has 0 radical (unpaired) electrons. The molecular weight excluding hydrogens is 444 g/mol. The number of fused-ring (bicyclic) bond motifs is 1. The van der Waals surface area contributed by atoms with Gasteiger partial charge in [0.15, 0.2) is 0 Å². The Morgan fingerprint density at radius 2 is 1.89 bits per heavy atom. The van der Waals surface area contributed by atoms with Gasteiger partial charge >= 0.3 is 0 Å². The first kappa shape index (κ1) is 25.2. The number of nitrogens with one attached hydrogen (secondary N) is 1. The molecule has 1 aromatic carbocycles. The number of hydrogen-bond acceptors (Lipinski definition) is 5. The summed E-state index contributed by atoms with van der Waals surface area (Å²) in [6, 6.07) is 9.24. The molecule has 4 rings (SSSR count). The summed E-state index contributed by atoms with van der Waals surface area (Å²) in [5.41, 5.74) is 2.15. The maximum atomic E-state index is 13.5. The smallest absolute Gasteiger partial charge is 0.272 e. The van der Waals surface area contributed by atoms with Crippen LogP contribution in [0.1, 0.15) is 68.8 Å². The third-order valence-electron chi connectivity index (χ3n) is 6.90. The Morgan fingerprint density at radius 3 is 2.60 bits per heavy atom. The molecule has 1 aromatic heterocycles. The van der Waals surface area contributed by atoms with Crippen molar-refractivity contribution in [2.75, 3.05) is 26.9 Å². The van der Waals surface area contributed by atoms with Gasteiger partial charge in [-0.05, 0) is 56.0 Å². The van der Waals surface area contributed by atoms with Gasteiger partial charge in [-0.1, -0.05) is 32.6 Å². The van der Waals surface area contributed by atoms with Crippen LogP contribution in [0.2, 0.25) is 0 Å². The summed E-state index contributed by atoms with van der Waals surface area (Å²) in [5.74, 6) is 0.583. The van der Waals surface area contributed by atoms with E-state index in [1.54, 1.807) is 16.7 Å². The fraction of sp³-hybridized carbons (Fsp3) is 0.593. The molecule has 2 aliphatic rings. The summed E-state index contributed by atoms with van der Waals surface area (Å²) in [6.45, 7) is 4.20. The van der Waals surface area contributed by atoms with Gasteiger partial charge in [0, 0.05) is 31.9 Å². The van der Waals surface area contributed by atoms with E-state index in [2.05, 4.69) is 12.2 Å². The average molecular weight is 483 g/mol. The summed E-state index contributed by atoms with van der Waals surface area (Å²) in [4.78, 5) is 28.5. The van der Waals surface area contributed by atoms with Crippen molar-refractivity contribution in [2.45, 2.75) is 76.9 Å². The van der Waals surface area contributed by atoms with E-state index >= 15 is 0 Å². The number of methoxy groups -OCH3 is 1. The molecule has 8 nitrogen and oxygen atoms in total. The van der Waals surface area contributed by atoms with Crippen LogP contribution in [0.4, 0.5) is 0 Å². The number of unbranched alkanes of at least 4 members (excludes halogenated alkanes) is 1. The zero-order chi connectivity index (χ0) is 24.6. The summed E-state index contributed by atoms with van der Waals surface area (Å²) in [5, 5.41) is 7.92. The van der Waals surface area contributed by atoms with Crippen LogP contribution >= 0.6 is 0 Å². The molecule has 0 saturated heterocycles. The number of aromatic nitrogens is 2. The molecule has 0 spiro atoms. The van der Waals surface area contributed by atoms with Crippen molar-refractivity contribution in [3.63, 3.8) is 0 Å². The van der Waals surface area contributed by atoms with Crippen LogP contribution in [0.15, 0.2) is 30.3 Å². The van der Waals surface area contributed by atoms with E-state index in [9.17, 15) is 9.59 Å². The highest BCUT2D eigenvalue weighted by Crippen LogP contribution is 2.27. The van der Waals surface area contributed by atoms with Gasteiger partial charge in [0.2, 0.25) is 5.91 Å². The van der Waals surface area contributed by atoms with Crippen LogP contribution in [0.25, 0.3) is 11.3 Å². The molecular formula is C27H38N4O4. The Labute approximate surface area is 208 Å². The molecule has 2 amide bonds. The predicted octanol–water partition coefficient (Wildman–Crippen LogP) is 4.04. The lowest BCUT2D eigenvalue weighted by Gasteiger charge is -2.36. The normalized spacial score (nSPS) is 18.4. The summed E-state index contributed by atoms with van der Waals surface area (Å²) in [6.07, 6.45) is 8.31. The molecule has 1 aliphatic heterocycles. The lowest BCUT2D eigenvalue weighted by molar-refractivity contribution is -0.127. The number of carbonyl (C=O) groups excluding carboxylic acids is 2. The monoisotopic (exact) mass is 482 g/mol. The Hall–Kier alpha value is -2.87. The second-order valence-electron chi connectivity index (χ2n) is 9.53. The van der Waals surface area contributed by atoms with Crippen LogP contribution in [0.3, 0.4) is 0 Å². The minimum atomic E-state index is -0.573. The van der Waals surface area contributed by atoms with Crippen molar-refractivity contribution < 1.29 is 19.1 Å². The van der Waals surface area contributed by atoms with Crippen molar-refractivity contribution in [1.82, 2.24) is 20.0 Å². The van der Waals surface area contributed by atoms with Gasteiger partial charge in [-0.2, -0.15) is 5.10 Å². The van der Waals surface area contributed by atoms with Crippen LogP contribution in [0, 0.1) is 0 Å². The molecule has 8 heteroatoms. The number of carbonyl (C=O) groups is 2. The quantitative estimate of drug-likeness (QED) is 0.489. The van der Waals surface area contributed by atoms with Crippen LogP contribution in [-0.4, -0.2) is 65.4 Å². The van der Waals surface area contributed by atoms with Crippen molar-refractivity contribution in [2.24, 2.45) is 0 Å². The fourth-order valence-electron chi connectivity index (χ4n) is 4.88. The van der Waals surface area contributed by atoms with Crippen molar-refractivity contribution in [1.29, 1.82) is 0 Å². The zero-order valence-corrected chi connectivity index (χ0v) is 21.0. The first-order valence-corrected chi connectivity index (χ1v) is 13.0. The topological polar surface area (TPSA) is 85.7 Å². The largest absolute Gasteiger partial charge is 0.494 e. The molecule has 2 aromatic rings. The van der Waals surface area contributed by atoms with E-state index in [0.717, 1.165) is 55.5 Å². The molecule has 1 fully saturated rings. The number of nitrogens with zero attached hydrogens (tertiary/aromatic N) is 3. The lowest BCUT2D eigenvalue weighted by atomic mass is 9.95. The van der Waals surface area contributed by atoms with E-state index in [-0.39, 0.29) is 17.9 Å². The minimum Gasteiger partial charge on any atom is -0.494 e. The molecule has 1 saturated carbocycles. The van der Waals surface area contributed by atoms with Crippen LogP contribution < -0.4 is 10.1 Å². The molecule has 2 heterocycles. The van der Waals surface area contributed by atoms with Gasteiger partial charge in [0.1, 0.15) is 17.5 Å². The molecule has 35 heavy (non-hydrogen) atoms. The number of ether oxygens (including phenoxy) is 2. The maximum Gasteiger partial charge on any atom is 0.272 e. The first-order chi connectivity index (χ1) is 17.1. The highest BCUT2D eigenvalue weighted by molar-refractivity contribution is 5.98. The molecule has 1 unspecified atom stereocenters. The SMILES string of the molecule is CCCCOc1ccc(-c2cc3n(n2)CC(C(=O)NC2CCCCC2)N(CCCOC)C3=O)cc1. The molecule has 1 N–H and O–H groups in total. The second-order valence-corrected chi connectivity index (χ2v) is 9.53. The number of benzene rings is 1. The van der Waals surface area contributed by atoms with Gasteiger partial charge in [-0.15, -0.1) is 0 Å². The number of hydrogen-bond donors (Lipinski definition) is 1. The van der Waals surface area contributed by atoms with E-state index in [1.165, 1.54) is 6.42 Å². The molecule has 190 valence electrons. The summed E-state index contributed by atoms with van der Waals surface area (Å²) < 4.78 is 12.6. The van der Waals surface area contributed by atoms with E-state index in [1.807, 2.05) is 30.3 Å². The second kappa shape index (κ2) is 12.2. The zero-order valence-electron chi connectivity index (χ0n) is 21.0. The van der Waals surface area contributed by atoms with Gasteiger partial charge in [-0.3, -0.25) is 14.3 Å². The third kappa shape index (κ3) is 6.23. The standard InChI is InChI=1S/C27H38N4O4/c1-3-4-17-35-22-13-11-20(12-14-22)23-18-24-27(33)30(15-8-16-34-2)25(19-31(24)29-23)26(32)28-21-9-6-5-7-10-21/h11-14,18,21,25H,3-10,15-17,19H2,1-2H3,(H,28,32). The van der Waals surface area contributed by atoms with Crippen LogP contribution in [-0.2, 0) is 16.1 Å². The predicted molar refractivity (Wildman–Crippen MR) is 134 cm³/mol. The van der Waals surface area contributed by atoms with Crippen LogP contribution in [0.5, 0.6) is 5.75 Å². The Balaban J connectivity index is 1.52. The average Bonchev–Trinajstić information content (AvgIpc) is 3.31. The molecule has 1 atom stereocenters. The van der Waals surface area contributed by atoms with Gasteiger partial charge < -0.3 is 19.7 Å². The van der Waals surface area contributed by atoms with Crippen molar-refractivity contribution >= 4 is 11.8 Å². The summed E-state index contributed by atoms with van der Waals surface area (Å²) in [7, 11) is 1.65. The minimum absolute atomic E-state index is 0.0843. The van der Waals surface area contributed by atoms with Crippen molar-refractivity contribution in [3.05, 3.63) is 36.0 Å². The maximum absolute atomic E-state index is 13.5. The Kier molecular flexibility index (Phi) is 8.79. The van der Waals surface area contributed by atoms with Gasteiger partial charge in [0.05, 0.1) is 18.8 Å².